The summed E-state index contributed by atoms with van der Waals surface area (Å²) in [5, 5.41) is 5.60. The van der Waals surface area contributed by atoms with Crippen molar-refractivity contribution in [2.24, 2.45) is 0 Å². The van der Waals surface area contributed by atoms with Crippen molar-refractivity contribution < 1.29 is 4.79 Å². The van der Waals surface area contributed by atoms with E-state index in [1.165, 1.54) is 0 Å². The summed E-state index contributed by atoms with van der Waals surface area (Å²) in [5.41, 5.74) is 0. The highest BCUT2D eigenvalue weighted by atomic mass is 16.2. The smallest absolute Gasteiger partial charge is 0.236 e. The maximum Gasteiger partial charge on any atom is 0.236 e. The molecule has 0 fully saturated rings. The molecule has 3 heteroatoms. The Bertz CT molecular complexity index is 115. The van der Waals surface area contributed by atoms with Gasteiger partial charge in [0.15, 0.2) is 0 Å². The highest BCUT2D eigenvalue weighted by Gasteiger charge is 2.12. The molecule has 0 aromatic carbocycles. The summed E-state index contributed by atoms with van der Waals surface area (Å²) >= 11 is 0. The summed E-state index contributed by atoms with van der Waals surface area (Å²) in [6.45, 7) is 2.12. The van der Waals surface area contributed by atoms with Crippen molar-refractivity contribution in [3.8, 4) is 0 Å². The predicted octanol–water partition coefficient (Wildman–Crippen LogP) is 0.511. The minimum Gasteiger partial charge on any atom is -0.358 e. The average molecular weight is 158 g/mol. The quantitative estimate of drug-likeness (QED) is 0.612. The van der Waals surface area contributed by atoms with Gasteiger partial charge in [-0.15, -0.1) is 0 Å². The molecule has 1 amide bonds. The summed E-state index contributed by atoms with van der Waals surface area (Å²) in [6, 6.07) is -0.0139. The van der Waals surface area contributed by atoms with Crippen LogP contribution in [0.4, 0.5) is 0 Å². The van der Waals surface area contributed by atoms with Crippen LogP contribution in [0.3, 0.4) is 0 Å². The second-order valence-corrected chi connectivity index (χ2v) is 2.60. The number of carbonyl (C=O) groups excluding carboxylic acids is 1. The van der Waals surface area contributed by atoms with Gasteiger partial charge in [0.05, 0.1) is 6.04 Å². The molecule has 0 aliphatic heterocycles. The standard InChI is InChI=1S/C8H18N2O/c1-4-5-6-7(9-2)8(11)10-3/h7,9H,4-6H2,1-3H3,(H,10,11). The molecule has 66 valence electrons. The van der Waals surface area contributed by atoms with Crippen LogP contribution in [-0.2, 0) is 4.79 Å². The summed E-state index contributed by atoms with van der Waals surface area (Å²) in [5.74, 6) is 0.0842. The molecule has 0 bridgehead atoms. The van der Waals surface area contributed by atoms with E-state index >= 15 is 0 Å². The molecule has 0 aromatic heterocycles. The molecule has 1 unspecified atom stereocenters. The molecule has 0 aliphatic carbocycles. The van der Waals surface area contributed by atoms with Crippen molar-refractivity contribution in [2.75, 3.05) is 14.1 Å². The first-order valence-electron chi connectivity index (χ1n) is 4.15. The number of rotatable bonds is 5. The summed E-state index contributed by atoms with van der Waals surface area (Å²) < 4.78 is 0. The van der Waals surface area contributed by atoms with Gasteiger partial charge in [0.25, 0.3) is 0 Å². The fraction of sp³-hybridized carbons (Fsp3) is 0.875. The summed E-state index contributed by atoms with van der Waals surface area (Å²) in [4.78, 5) is 11.1. The molecular weight excluding hydrogens is 140 g/mol. The SMILES string of the molecule is CCCCC(NC)C(=O)NC. The topological polar surface area (TPSA) is 41.1 Å². The summed E-state index contributed by atoms with van der Waals surface area (Å²) in [7, 11) is 3.48. The summed E-state index contributed by atoms with van der Waals surface area (Å²) in [6.07, 6.45) is 3.15. The number of likely N-dealkylation sites (N-methyl/N-ethyl adjacent to an activating group) is 2. The third kappa shape index (κ3) is 3.98. The minimum absolute atomic E-state index is 0.0139. The molecule has 0 saturated heterocycles. The van der Waals surface area contributed by atoms with Crippen LogP contribution in [0, 0.1) is 0 Å². The Hall–Kier alpha value is -0.570. The van der Waals surface area contributed by atoms with Gasteiger partial charge >= 0.3 is 0 Å². The lowest BCUT2D eigenvalue weighted by molar-refractivity contribution is -0.122. The van der Waals surface area contributed by atoms with Gasteiger partial charge in [-0.1, -0.05) is 19.8 Å². The number of amides is 1. The molecule has 2 N–H and O–H groups in total. The van der Waals surface area contributed by atoms with Gasteiger partial charge in [0, 0.05) is 7.05 Å². The third-order valence-electron chi connectivity index (χ3n) is 1.76. The van der Waals surface area contributed by atoms with E-state index in [2.05, 4.69) is 17.6 Å². The molecule has 0 rings (SSSR count). The molecule has 1 atom stereocenters. The number of hydrogen-bond donors (Lipinski definition) is 2. The normalized spacial score (nSPS) is 12.6. The van der Waals surface area contributed by atoms with Crippen LogP contribution in [0.15, 0.2) is 0 Å². The van der Waals surface area contributed by atoms with Crippen LogP contribution >= 0.6 is 0 Å². The highest BCUT2D eigenvalue weighted by Crippen LogP contribution is 1.99. The second kappa shape index (κ2) is 6.16. The van der Waals surface area contributed by atoms with E-state index in [4.69, 9.17) is 0 Å². The molecule has 0 heterocycles. The number of unbranched alkanes of at least 4 members (excludes halogenated alkanes) is 1. The lowest BCUT2D eigenvalue weighted by Gasteiger charge is -2.12. The Morgan fingerprint density at radius 2 is 2.09 bits per heavy atom. The minimum atomic E-state index is -0.0139. The Labute approximate surface area is 68.6 Å². The lowest BCUT2D eigenvalue weighted by Crippen LogP contribution is -2.40. The van der Waals surface area contributed by atoms with Crippen molar-refractivity contribution >= 4 is 5.91 Å². The van der Waals surface area contributed by atoms with Crippen molar-refractivity contribution in [1.29, 1.82) is 0 Å². The van der Waals surface area contributed by atoms with E-state index < -0.39 is 0 Å². The van der Waals surface area contributed by atoms with Crippen molar-refractivity contribution in [3.63, 3.8) is 0 Å². The van der Waals surface area contributed by atoms with Gasteiger partial charge in [-0.05, 0) is 13.5 Å². The van der Waals surface area contributed by atoms with Crippen LogP contribution in [0.2, 0.25) is 0 Å². The second-order valence-electron chi connectivity index (χ2n) is 2.60. The Morgan fingerprint density at radius 3 is 2.45 bits per heavy atom. The maximum atomic E-state index is 11.1. The van der Waals surface area contributed by atoms with Crippen molar-refractivity contribution in [1.82, 2.24) is 10.6 Å². The Kier molecular flexibility index (Phi) is 5.84. The zero-order valence-corrected chi connectivity index (χ0v) is 7.61. The number of nitrogens with one attached hydrogen (secondary N) is 2. The van der Waals surface area contributed by atoms with E-state index in [9.17, 15) is 4.79 Å². The van der Waals surface area contributed by atoms with Crippen LogP contribution in [0.5, 0.6) is 0 Å². The van der Waals surface area contributed by atoms with Crippen LogP contribution in [-0.4, -0.2) is 26.0 Å². The number of carbonyl (C=O) groups is 1. The van der Waals surface area contributed by atoms with Gasteiger partial charge in [0.1, 0.15) is 0 Å². The van der Waals surface area contributed by atoms with Gasteiger partial charge in [-0.2, -0.15) is 0 Å². The molecule has 11 heavy (non-hydrogen) atoms. The zero-order valence-electron chi connectivity index (χ0n) is 7.61. The van der Waals surface area contributed by atoms with Crippen molar-refractivity contribution in [2.45, 2.75) is 32.2 Å². The maximum absolute atomic E-state index is 11.1. The van der Waals surface area contributed by atoms with E-state index in [1.54, 1.807) is 7.05 Å². The average Bonchev–Trinajstić information content (AvgIpc) is 2.05. The Balaban J connectivity index is 3.65. The van der Waals surface area contributed by atoms with E-state index in [0.717, 1.165) is 19.3 Å². The van der Waals surface area contributed by atoms with E-state index in [-0.39, 0.29) is 11.9 Å². The lowest BCUT2D eigenvalue weighted by atomic mass is 10.1. The first-order valence-corrected chi connectivity index (χ1v) is 4.15. The molecule has 0 radical (unpaired) electrons. The fourth-order valence-electron chi connectivity index (χ4n) is 0.989. The van der Waals surface area contributed by atoms with Gasteiger partial charge in [-0.25, -0.2) is 0 Å². The monoisotopic (exact) mass is 158 g/mol. The van der Waals surface area contributed by atoms with E-state index in [0.29, 0.717) is 0 Å². The van der Waals surface area contributed by atoms with E-state index in [1.807, 2.05) is 7.05 Å². The molecular formula is C8H18N2O. The predicted molar refractivity (Wildman–Crippen MR) is 46.4 cm³/mol. The highest BCUT2D eigenvalue weighted by molar-refractivity contribution is 5.81. The first kappa shape index (κ1) is 10.4. The van der Waals surface area contributed by atoms with Gasteiger partial charge in [-0.3, -0.25) is 4.79 Å². The largest absolute Gasteiger partial charge is 0.358 e. The molecule has 0 aromatic rings. The molecule has 0 saturated carbocycles. The van der Waals surface area contributed by atoms with Crippen LogP contribution < -0.4 is 10.6 Å². The third-order valence-corrected chi connectivity index (χ3v) is 1.76. The number of hydrogen-bond acceptors (Lipinski definition) is 2. The van der Waals surface area contributed by atoms with Crippen LogP contribution in [0.25, 0.3) is 0 Å². The first-order chi connectivity index (χ1) is 5.26. The zero-order chi connectivity index (χ0) is 8.69. The molecule has 0 aliphatic rings. The van der Waals surface area contributed by atoms with Crippen LogP contribution in [0.1, 0.15) is 26.2 Å². The fourth-order valence-corrected chi connectivity index (χ4v) is 0.989. The van der Waals surface area contributed by atoms with Gasteiger partial charge in [0.2, 0.25) is 5.91 Å². The van der Waals surface area contributed by atoms with Crippen molar-refractivity contribution in [3.05, 3.63) is 0 Å². The Morgan fingerprint density at radius 1 is 1.45 bits per heavy atom. The molecule has 3 nitrogen and oxygen atoms in total. The van der Waals surface area contributed by atoms with Gasteiger partial charge < -0.3 is 10.6 Å². The molecule has 0 spiro atoms.